The van der Waals surface area contributed by atoms with E-state index >= 15 is 0 Å². The van der Waals surface area contributed by atoms with Crippen LogP contribution in [0.1, 0.15) is 30.4 Å². The number of aryl methyl sites for hydroxylation is 4. The first-order valence-corrected chi connectivity index (χ1v) is 10.4. The van der Waals surface area contributed by atoms with Crippen molar-refractivity contribution in [1.29, 1.82) is 0 Å². The van der Waals surface area contributed by atoms with Gasteiger partial charge < -0.3 is 10.3 Å². The minimum Gasteiger partial charge on any atom is -0.382 e. The second kappa shape index (κ2) is 8.07. The summed E-state index contributed by atoms with van der Waals surface area (Å²) in [7, 11) is 0. The number of imidazole rings is 1. The molecule has 0 spiro atoms. The summed E-state index contributed by atoms with van der Waals surface area (Å²) in [6.45, 7) is 7.09. The Morgan fingerprint density at radius 3 is 2.65 bits per heavy atom. The molecule has 0 atom stereocenters. The first-order valence-electron chi connectivity index (χ1n) is 8.62. The molecule has 0 radical (unpaired) electrons. The van der Waals surface area contributed by atoms with Crippen LogP contribution < -0.4 is 5.73 Å². The summed E-state index contributed by atoms with van der Waals surface area (Å²) in [6.07, 6.45) is 1.87. The lowest BCUT2D eigenvalue weighted by atomic mass is 10.2. The summed E-state index contributed by atoms with van der Waals surface area (Å²) < 4.78 is 2.29. The lowest BCUT2D eigenvalue weighted by Crippen LogP contribution is -2.06. The van der Waals surface area contributed by atoms with E-state index in [-0.39, 0.29) is 0 Å². The minimum absolute atomic E-state index is 0.513. The lowest BCUT2D eigenvalue weighted by Gasteiger charge is -2.11. The second-order valence-corrected chi connectivity index (χ2v) is 8.20. The number of aromatic nitrogens is 3. The molecule has 0 saturated carbocycles. The van der Waals surface area contributed by atoms with Crippen molar-refractivity contribution in [3.63, 3.8) is 0 Å². The molecule has 0 aliphatic rings. The fourth-order valence-electron chi connectivity index (χ4n) is 3.05. The summed E-state index contributed by atoms with van der Waals surface area (Å²) in [4.78, 5) is 10.2. The van der Waals surface area contributed by atoms with Crippen molar-refractivity contribution < 1.29 is 0 Å². The van der Waals surface area contributed by atoms with Gasteiger partial charge in [-0.2, -0.15) is 0 Å². The Bertz CT molecular complexity index is 953. The zero-order chi connectivity index (χ0) is 18.8. The second-order valence-electron chi connectivity index (χ2n) is 6.21. The Kier molecular flexibility index (Phi) is 6.00. The maximum absolute atomic E-state index is 6.25. The molecule has 1 aromatic carbocycles. The quantitative estimate of drug-likeness (QED) is 0.420. The fourth-order valence-corrected chi connectivity index (χ4v) is 4.48. The van der Waals surface area contributed by atoms with Gasteiger partial charge in [-0.15, -0.1) is 11.8 Å². The molecule has 138 valence electrons. The van der Waals surface area contributed by atoms with Crippen LogP contribution in [-0.2, 0) is 13.0 Å². The molecule has 0 saturated heterocycles. The van der Waals surface area contributed by atoms with Gasteiger partial charge in [0.25, 0.3) is 0 Å². The number of hydrogen-bond acceptors (Lipinski definition) is 4. The predicted molar refractivity (Wildman–Crippen MR) is 113 cm³/mol. The number of halogens is 2. The van der Waals surface area contributed by atoms with Crippen molar-refractivity contribution in [2.45, 2.75) is 45.1 Å². The first-order chi connectivity index (χ1) is 12.4. The Morgan fingerprint density at radius 2 is 1.96 bits per heavy atom. The number of fused-ring (bicyclic) bond motifs is 1. The summed E-state index contributed by atoms with van der Waals surface area (Å²) in [5.41, 5.74) is 10.1. The Balaban J connectivity index is 1.78. The molecule has 0 unspecified atom stereocenters. The molecule has 0 aliphatic heterocycles. The van der Waals surface area contributed by atoms with E-state index in [1.165, 1.54) is 0 Å². The molecule has 2 N–H and O–H groups in total. The van der Waals surface area contributed by atoms with E-state index in [4.69, 9.17) is 33.9 Å². The summed E-state index contributed by atoms with van der Waals surface area (Å²) in [5.74, 6) is 2.53. The molecule has 3 aromatic rings. The molecule has 2 aromatic heterocycles. The molecule has 0 bridgehead atoms. The number of nitrogen functional groups attached to an aromatic ring is 1. The van der Waals surface area contributed by atoms with Crippen LogP contribution >= 0.6 is 35.0 Å². The topological polar surface area (TPSA) is 56.7 Å². The van der Waals surface area contributed by atoms with Crippen molar-refractivity contribution >= 4 is 51.8 Å². The molecule has 3 rings (SSSR count). The minimum atomic E-state index is 0.513. The van der Waals surface area contributed by atoms with Gasteiger partial charge in [-0.25, -0.2) is 9.97 Å². The first kappa shape index (κ1) is 19.3. The number of nitrogens with zero attached hydrogens (tertiary/aromatic N) is 3. The van der Waals surface area contributed by atoms with E-state index in [1.54, 1.807) is 17.8 Å². The molecule has 0 fully saturated rings. The van der Waals surface area contributed by atoms with Crippen LogP contribution in [0.3, 0.4) is 0 Å². The molecule has 7 heteroatoms. The van der Waals surface area contributed by atoms with Gasteiger partial charge in [-0.05, 0) is 49.8 Å². The van der Waals surface area contributed by atoms with Gasteiger partial charge in [0, 0.05) is 28.6 Å². The van der Waals surface area contributed by atoms with Gasteiger partial charge in [0.1, 0.15) is 11.3 Å². The predicted octanol–water partition coefficient (Wildman–Crippen LogP) is 5.68. The van der Waals surface area contributed by atoms with Crippen molar-refractivity contribution in [2.75, 3.05) is 11.5 Å². The molecular formula is C19H22Cl2N4S. The third kappa shape index (κ3) is 3.80. The van der Waals surface area contributed by atoms with Gasteiger partial charge in [0.05, 0.1) is 10.5 Å². The van der Waals surface area contributed by atoms with Gasteiger partial charge in [0.2, 0.25) is 0 Å². The highest BCUT2D eigenvalue weighted by Crippen LogP contribution is 2.31. The highest BCUT2D eigenvalue weighted by atomic mass is 35.5. The monoisotopic (exact) mass is 408 g/mol. The average Bonchev–Trinajstić information content (AvgIpc) is 2.97. The summed E-state index contributed by atoms with van der Waals surface area (Å²) in [5, 5.41) is 1.36. The number of nitrogens with two attached hydrogens (primary N) is 1. The van der Waals surface area contributed by atoms with Crippen LogP contribution in [0.5, 0.6) is 0 Å². The van der Waals surface area contributed by atoms with E-state index in [9.17, 15) is 0 Å². The molecular weight excluding hydrogens is 387 g/mol. The van der Waals surface area contributed by atoms with E-state index in [0.717, 1.165) is 58.1 Å². The van der Waals surface area contributed by atoms with Crippen molar-refractivity contribution in [2.24, 2.45) is 0 Å². The zero-order valence-electron chi connectivity index (χ0n) is 15.1. The zero-order valence-corrected chi connectivity index (χ0v) is 17.5. The van der Waals surface area contributed by atoms with Crippen molar-refractivity contribution in [1.82, 2.24) is 14.5 Å². The van der Waals surface area contributed by atoms with Crippen molar-refractivity contribution in [3.8, 4) is 0 Å². The lowest BCUT2D eigenvalue weighted by molar-refractivity contribution is 0.662. The van der Waals surface area contributed by atoms with Gasteiger partial charge in [0.15, 0.2) is 5.82 Å². The number of thioether (sulfide) groups is 1. The van der Waals surface area contributed by atoms with E-state index < -0.39 is 0 Å². The fraction of sp³-hybridized carbons (Fsp3) is 0.368. The number of hydrogen-bond donors (Lipinski definition) is 1. The van der Waals surface area contributed by atoms with Gasteiger partial charge in [-0.1, -0.05) is 30.1 Å². The standard InChI is InChI=1S/C19H22Cl2N4S/c1-4-16-24-17-18(11(2)12(3)23-19(17)22)25(16)8-5-9-26-15-7-6-13(20)10-14(15)21/h6-7,10H,4-5,8-9H2,1-3H3,(H2,22,23). The molecule has 0 amide bonds. The SMILES string of the molecule is CCc1nc2c(N)nc(C)c(C)c2n1CCCSc1ccc(Cl)cc1Cl. The van der Waals surface area contributed by atoms with E-state index in [1.807, 2.05) is 19.1 Å². The number of anilines is 1. The van der Waals surface area contributed by atoms with Crippen LogP contribution in [0.15, 0.2) is 23.1 Å². The number of benzene rings is 1. The maximum Gasteiger partial charge on any atom is 0.151 e. The molecule has 26 heavy (non-hydrogen) atoms. The van der Waals surface area contributed by atoms with Crippen LogP contribution in [-0.4, -0.2) is 20.3 Å². The number of pyridine rings is 1. The number of rotatable bonds is 6. The highest BCUT2D eigenvalue weighted by Gasteiger charge is 2.16. The van der Waals surface area contributed by atoms with Crippen LogP contribution in [0.2, 0.25) is 10.0 Å². The Morgan fingerprint density at radius 1 is 1.19 bits per heavy atom. The van der Waals surface area contributed by atoms with Crippen LogP contribution in [0.4, 0.5) is 5.82 Å². The highest BCUT2D eigenvalue weighted by molar-refractivity contribution is 7.99. The smallest absolute Gasteiger partial charge is 0.151 e. The molecule has 2 heterocycles. The van der Waals surface area contributed by atoms with E-state index in [2.05, 4.69) is 23.4 Å². The molecule has 0 aliphatic carbocycles. The van der Waals surface area contributed by atoms with Crippen LogP contribution in [0, 0.1) is 13.8 Å². The Hall–Kier alpha value is -1.43. The van der Waals surface area contributed by atoms with Crippen molar-refractivity contribution in [3.05, 3.63) is 45.3 Å². The average molecular weight is 409 g/mol. The third-order valence-electron chi connectivity index (χ3n) is 4.47. The summed E-state index contributed by atoms with van der Waals surface area (Å²) in [6, 6.07) is 5.63. The Labute approximate surface area is 168 Å². The normalized spacial score (nSPS) is 11.4. The summed E-state index contributed by atoms with van der Waals surface area (Å²) >= 11 is 13.9. The van der Waals surface area contributed by atoms with Crippen LogP contribution in [0.25, 0.3) is 11.0 Å². The molecule has 4 nitrogen and oxygen atoms in total. The van der Waals surface area contributed by atoms with Gasteiger partial charge >= 0.3 is 0 Å². The van der Waals surface area contributed by atoms with Gasteiger partial charge in [-0.3, -0.25) is 0 Å². The third-order valence-corrected chi connectivity index (χ3v) is 6.29. The largest absolute Gasteiger partial charge is 0.382 e. The van der Waals surface area contributed by atoms with E-state index in [0.29, 0.717) is 15.9 Å². The maximum atomic E-state index is 6.25.